The van der Waals surface area contributed by atoms with E-state index in [4.69, 9.17) is 0 Å². The Morgan fingerprint density at radius 1 is 1.28 bits per heavy atom. The molecule has 9 heteroatoms. The van der Waals surface area contributed by atoms with Crippen molar-refractivity contribution in [2.24, 2.45) is 0 Å². The van der Waals surface area contributed by atoms with Gasteiger partial charge in [-0.2, -0.15) is 0 Å². The first-order chi connectivity index (χ1) is 12.2. The Morgan fingerprint density at radius 2 is 2.08 bits per heavy atom. The lowest BCUT2D eigenvalue weighted by molar-refractivity contribution is -0.119. The summed E-state index contributed by atoms with van der Waals surface area (Å²) in [6.07, 6.45) is 0. The van der Waals surface area contributed by atoms with E-state index >= 15 is 0 Å². The molecule has 1 aromatic carbocycles. The third-order valence-corrected chi connectivity index (χ3v) is 6.29. The molecule has 2 N–H and O–H groups in total. The summed E-state index contributed by atoms with van der Waals surface area (Å²) in [5, 5.41) is 16.5. The van der Waals surface area contributed by atoms with Gasteiger partial charge in [-0.3, -0.25) is 4.79 Å². The Morgan fingerprint density at radius 3 is 2.72 bits per heavy atom. The van der Waals surface area contributed by atoms with Crippen LogP contribution in [0.1, 0.15) is 16.5 Å². The molecule has 0 fully saturated rings. The molecule has 0 spiro atoms. The highest BCUT2D eigenvalue weighted by atomic mass is 32.2. The first kappa shape index (κ1) is 17.8. The van der Waals surface area contributed by atoms with Gasteiger partial charge in [0.15, 0.2) is 4.34 Å². The Bertz CT molecular complexity index is 820. The summed E-state index contributed by atoms with van der Waals surface area (Å²) in [6, 6.07) is 9.77. The zero-order chi connectivity index (χ0) is 17.6. The molecule has 130 valence electrons. The van der Waals surface area contributed by atoms with Gasteiger partial charge in [0.25, 0.3) is 0 Å². The van der Waals surface area contributed by atoms with Crippen molar-refractivity contribution in [3.63, 3.8) is 0 Å². The second-order valence-electron chi connectivity index (χ2n) is 4.98. The number of carbonyl (C=O) groups is 1. The molecule has 2 heterocycles. The first-order valence-electron chi connectivity index (χ1n) is 7.38. The number of amides is 1. The molecule has 2 aromatic heterocycles. The van der Waals surface area contributed by atoms with Gasteiger partial charge in [0.05, 0.1) is 11.8 Å². The van der Waals surface area contributed by atoms with Crippen molar-refractivity contribution in [1.82, 2.24) is 15.5 Å². The smallest absolute Gasteiger partial charge is 0.231 e. The first-order valence-corrected chi connectivity index (χ1v) is 10.1. The number of thioether (sulfide) groups is 1. The lowest BCUT2D eigenvalue weighted by Gasteiger charge is -2.18. The van der Waals surface area contributed by atoms with Gasteiger partial charge in [0.1, 0.15) is 5.82 Å². The van der Waals surface area contributed by atoms with E-state index in [-0.39, 0.29) is 23.5 Å². The van der Waals surface area contributed by atoms with Crippen molar-refractivity contribution in [3.8, 4) is 0 Å². The molecule has 25 heavy (non-hydrogen) atoms. The number of nitrogens with one attached hydrogen (secondary N) is 2. The van der Waals surface area contributed by atoms with Crippen LogP contribution in [-0.4, -0.2) is 28.9 Å². The van der Waals surface area contributed by atoms with Crippen LogP contribution in [0.25, 0.3) is 0 Å². The second-order valence-corrected chi connectivity index (χ2v) is 8.16. The minimum atomic E-state index is -0.299. The standard InChI is InChI=1S/C16H15FN4OS3/c1-18-15-20-21-16(25-15)24-9-13(22)19-14(12-3-2-8-23-12)10-4-6-11(17)7-5-10/h2-8,14H,9H2,1H3,(H,18,20)(H,19,22)/t14-/m0/s1. The predicted molar refractivity (Wildman–Crippen MR) is 101 cm³/mol. The summed E-state index contributed by atoms with van der Waals surface area (Å²) >= 11 is 4.29. The number of thiophene rings is 1. The maximum atomic E-state index is 13.2. The number of hydrogen-bond donors (Lipinski definition) is 2. The average molecular weight is 395 g/mol. The van der Waals surface area contributed by atoms with E-state index in [1.165, 1.54) is 35.2 Å². The third-order valence-electron chi connectivity index (χ3n) is 3.28. The van der Waals surface area contributed by atoms with Crippen LogP contribution in [0.4, 0.5) is 9.52 Å². The number of rotatable bonds is 7. The monoisotopic (exact) mass is 394 g/mol. The third kappa shape index (κ3) is 4.77. The molecule has 0 radical (unpaired) electrons. The molecule has 0 aliphatic carbocycles. The summed E-state index contributed by atoms with van der Waals surface area (Å²) in [7, 11) is 1.77. The van der Waals surface area contributed by atoms with E-state index in [9.17, 15) is 9.18 Å². The highest BCUT2D eigenvalue weighted by molar-refractivity contribution is 8.01. The molecule has 0 aliphatic heterocycles. The van der Waals surface area contributed by atoms with Crippen LogP contribution in [-0.2, 0) is 4.79 Å². The molecule has 0 saturated heterocycles. The molecular formula is C16H15FN4OS3. The number of anilines is 1. The molecule has 1 amide bonds. The van der Waals surface area contributed by atoms with Gasteiger partial charge in [0.2, 0.25) is 11.0 Å². The Hall–Kier alpha value is -1.97. The van der Waals surface area contributed by atoms with E-state index in [0.29, 0.717) is 5.13 Å². The van der Waals surface area contributed by atoms with Crippen molar-refractivity contribution in [2.75, 3.05) is 18.1 Å². The van der Waals surface area contributed by atoms with Gasteiger partial charge in [-0.25, -0.2) is 4.39 Å². The molecule has 3 rings (SSSR count). The topological polar surface area (TPSA) is 66.9 Å². The summed E-state index contributed by atoms with van der Waals surface area (Å²) in [5.41, 5.74) is 0.843. The van der Waals surface area contributed by atoms with Crippen LogP contribution in [0.5, 0.6) is 0 Å². The molecule has 1 atom stereocenters. The van der Waals surface area contributed by atoms with Crippen LogP contribution < -0.4 is 10.6 Å². The summed E-state index contributed by atoms with van der Waals surface area (Å²) in [6.45, 7) is 0. The van der Waals surface area contributed by atoms with Crippen molar-refractivity contribution in [1.29, 1.82) is 0 Å². The minimum absolute atomic E-state index is 0.117. The Kier molecular flexibility index (Phi) is 6.00. The maximum absolute atomic E-state index is 13.2. The number of nitrogens with zero attached hydrogens (tertiary/aromatic N) is 2. The summed E-state index contributed by atoms with van der Waals surface area (Å²) in [4.78, 5) is 13.4. The number of carbonyl (C=O) groups excluding carboxylic acids is 1. The second kappa shape index (κ2) is 8.41. The highest BCUT2D eigenvalue weighted by Gasteiger charge is 2.18. The minimum Gasteiger partial charge on any atom is -0.363 e. The summed E-state index contributed by atoms with van der Waals surface area (Å²) in [5.74, 6) is -0.178. The van der Waals surface area contributed by atoms with E-state index < -0.39 is 0 Å². The number of benzene rings is 1. The Balaban J connectivity index is 1.67. The highest BCUT2D eigenvalue weighted by Crippen LogP contribution is 2.28. The molecule has 0 saturated carbocycles. The molecule has 5 nitrogen and oxygen atoms in total. The number of hydrogen-bond acceptors (Lipinski definition) is 7. The van der Waals surface area contributed by atoms with Gasteiger partial charge in [-0.1, -0.05) is 41.3 Å². The van der Waals surface area contributed by atoms with Crippen LogP contribution in [0.3, 0.4) is 0 Å². The van der Waals surface area contributed by atoms with Crippen molar-refractivity contribution >= 4 is 45.5 Å². The molecule has 0 bridgehead atoms. The predicted octanol–water partition coefficient (Wildman–Crippen LogP) is 3.78. The quantitative estimate of drug-likeness (QED) is 0.597. The summed E-state index contributed by atoms with van der Waals surface area (Å²) < 4.78 is 13.9. The van der Waals surface area contributed by atoms with Crippen molar-refractivity contribution in [2.45, 2.75) is 10.4 Å². The lowest BCUT2D eigenvalue weighted by atomic mass is 10.1. The largest absolute Gasteiger partial charge is 0.363 e. The molecule has 0 unspecified atom stereocenters. The molecule has 3 aromatic rings. The average Bonchev–Trinajstić information content (AvgIpc) is 3.30. The van der Waals surface area contributed by atoms with Crippen LogP contribution in [0.15, 0.2) is 46.1 Å². The zero-order valence-electron chi connectivity index (χ0n) is 13.2. The van der Waals surface area contributed by atoms with E-state index in [1.54, 1.807) is 30.5 Å². The fourth-order valence-corrected chi connectivity index (χ4v) is 4.45. The normalized spacial score (nSPS) is 11.9. The number of halogens is 1. The van der Waals surface area contributed by atoms with Crippen LogP contribution in [0, 0.1) is 5.82 Å². The van der Waals surface area contributed by atoms with Gasteiger partial charge < -0.3 is 10.6 Å². The van der Waals surface area contributed by atoms with Crippen molar-refractivity contribution in [3.05, 3.63) is 58.0 Å². The Labute approximate surface area is 156 Å². The van der Waals surface area contributed by atoms with Gasteiger partial charge in [-0.05, 0) is 29.1 Å². The fraction of sp³-hybridized carbons (Fsp3) is 0.188. The fourth-order valence-electron chi connectivity index (χ4n) is 2.13. The van der Waals surface area contributed by atoms with E-state index in [2.05, 4.69) is 20.8 Å². The van der Waals surface area contributed by atoms with Gasteiger partial charge in [0, 0.05) is 11.9 Å². The van der Waals surface area contributed by atoms with E-state index in [1.807, 2.05) is 17.5 Å². The van der Waals surface area contributed by atoms with Crippen LogP contribution >= 0.6 is 34.4 Å². The molecular weight excluding hydrogens is 379 g/mol. The van der Waals surface area contributed by atoms with E-state index in [0.717, 1.165) is 14.8 Å². The van der Waals surface area contributed by atoms with Crippen LogP contribution in [0.2, 0.25) is 0 Å². The maximum Gasteiger partial charge on any atom is 0.231 e. The molecule has 0 aliphatic rings. The lowest BCUT2D eigenvalue weighted by Crippen LogP contribution is -2.30. The van der Waals surface area contributed by atoms with Crippen molar-refractivity contribution < 1.29 is 9.18 Å². The van der Waals surface area contributed by atoms with Gasteiger partial charge >= 0.3 is 0 Å². The van der Waals surface area contributed by atoms with Gasteiger partial charge in [-0.15, -0.1) is 21.5 Å². The SMILES string of the molecule is CNc1nnc(SCC(=O)N[C@@H](c2ccc(F)cc2)c2cccs2)s1. The number of aromatic nitrogens is 2. The zero-order valence-corrected chi connectivity index (χ0v) is 15.7.